The number of fused-ring (bicyclic) bond motifs is 1. The fourth-order valence-electron chi connectivity index (χ4n) is 6.15. The molecule has 240 valence electrons. The van der Waals surface area contributed by atoms with Crippen LogP contribution in [0.1, 0.15) is 65.4 Å². The van der Waals surface area contributed by atoms with Crippen LogP contribution in [-0.4, -0.2) is 65.5 Å². The molecule has 0 bridgehead atoms. The van der Waals surface area contributed by atoms with E-state index in [1.807, 2.05) is 65.1 Å². The lowest BCUT2D eigenvalue weighted by Crippen LogP contribution is -2.56. The molecule has 2 aromatic carbocycles. The second-order valence-corrected chi connectivity index (χ2v) is 13.4. The first-order chi connectivity index (χ1) is 21.2. The predicted molar refractivity (Wildman–Crippen MR) is 172 cm³/mol. The minimum atomic E-state index is -0.735. The van der Waals surface area contributed by atoms with E-state index < -0.39 is 23.1 Å². The van der Waals surface area contributed by atoms with Gasteiger partial charge in [-0.2, -0.15) is 5.10 Å². The van der Waals surface area contributed by atoms with Gasteiger partial charge in [-0.15, -0.1) is 0 Å². The number of H-pyrrole nitrogens is 1. The first-order valence-electron chi connectivity index (χ1n) is 15.4. The first kappa shape index (κ1) is 31.7. The Morgan fingerprint density at radius 2 is 1.80 bits per heavy atom. The number of amides is 3. The lowest BCUT2D eigenvalue weighted by molar-refractivity contribution is -0.122. The van der Waals surface area contributed by atoms with E-state index in [1.165, 1.54) is 10.6 Å². The molecule has 45 heavy (non-hydrogen) atoms. The summed E-state index contributed by atoms with van der Waals surface area (Å²) in [7, 11) is 0. The van der Waals surface area contributed by atoms with Gasteiger partial charge in [-0.25, -0.2) is 19.3 Å². The third-order valence-electron chi connectivity index (χ3n) is 8.79. The van der Waals surface area contributed by atoms with Crippen LogP contribution in [0.4, 0.5) is 4.79 Å². The van der Waals surface area contributed by atoms with Crippen LogP contribution < -0.4 is 16.7 Å². The highest BCUT2D eigenvalue weighted by atomic mass is 16.3. The van der Waals surface area contributed by atoms with Crippen molar-refractivity contribution in [1.82, 2.24) is 29.5 Å². The Morgan fingerprint density at radius 3 is 2.44 bits per heavy atom. The van der Waals surface area contributed by atoms with Crippen molar-refractivity contribution in [3.05, 3.63) is 58.6 Å². The number of likely N-dealkylation sites (tertiary alicyclic amines) is 1. The van der Waals surface area contributed by atoms with Crippen molar-refractivity contribution in [3.63, 3.8) is 0 Å². The van der Waals surface area contributed by atoms with Gasteiger partial charge >= 0.3 is 11.7 Å². The molecule has 0 aliphatic carbocycles. The van der Waals surface area contributed by atoms with E-state index in [0.29, 0.717) is 35.8 Å². The Morgan fingerprint density at radius 1 is 1.09 bits per heavy atom. The summed E-state index contributed by atoms with van der Waals surface area (Å²) in [5.74, 6) is -0.00514. The molecular weight excluding hydrogens is 574 g/mol. The SMILES string of the molecule is CC(C)c1cc(-c2n[nH]c(=O)n2-c2ccc3c(ccn3CCC3CCN(C(=O)N[C@H](C(N)=O)C(C)(C)C)CC3)c2)c(O)cc1O. The number of primary amides is 1. The van der Waals surface area contributed by atoms with Gasteiger partial charge in [0.05, 0.1) is 11.3 Å². The van der Waals surface area contributed by atoms with Crippen LogP contribution in [0, 0.1) is 11.3 Å². The molecule has 1 fully saturated rings. The fraction of sp³-hybridized carbons (Fsp3) is 0.455. The molecule has 1 saturated heterocycles. The monoisotopic (exact) mass is 617 g/mol. The summed E-state index contributed by atoms with van der Waals surface area (Å²) in [6.07, 6.45) is 4.74. The molecule has 6 N–H and O–H groups in total. The number of hydrogen-bond donors (Lipinski definition) is 5. The Labute approximate surface area is 261 Å². The number of phenolic OH excluding ortho intramolecular Hbond substituents is 2. The van der Waals surface area contributed by atoms with Crippen LogP contribution in [0.25, 0.3) is 28.0 Å². The number of carbonyl (C=O) groups is 2. The van der Waals surface area contributed by atoms with Gasteiger partial charge in [-0.3, -0.25) is 4.79 Å². The van der Waals surface area contributed by atoms with E-state index in [1.54, 1.807) is 11.0 Å². The van der Waals surface area contributed by atoms with Gasteiger partial charge in [0.1, 0.15) is 17.5 Å². The number of nitrogens with two attached hydrogens (primary N) is 1. The number of hydrogen-bond acceptors (Lipinski definition) is 6. The molecular formula is C33H43N7O5. The zero-order chi connectivity index (χ0) is 32.6. The Balaban J connectivity index is 1.26. The van der Waals surface area contributed by atoms with Crippen LogP contribution >= 0.6 is 0 Å². The van der Waals surface area contributed by atoms with Crippen LogP contribution in [0.3, 0.4) is 0 Å². The number of carbonyl (C=O) groups excluding carboxylic acids is 2. The van der Waals surface area contributed by atoms with Crippen LogP contribution in [0.2, 0.25) is 0 Å². The average Bonchev–Trinajstić information content (AvgIpc) is 3.56. The van der Waals surface area contributed by atoms with Crippen molar-refractivity contribution >= 4 is 22.8 Å². The van der Waals surface area contributed by atoms with Gasteiger partial charge in [0.2, 0.25) is 5.91 Å². The van der Waals surface area contributed by atoms with Crippen LogP contribution in [0.5, 0.6) is 11.5 Å². The molecule has 4 aromatic rings. The van der Waals surface area contributed by atoms with E-state index in [0.717, 1.165) is 36.7 Å². The van der Waals surface area contributed by atoms with Gasteiger partial charge < -0.3 is 30.7 Å². The maximum Gasteiger partial charge on any atom is 0.348 e. The molecule has 3 heterocycles. The standard InChI is InChI=1S/C33H43N7O5/c1-19(2)23-17-24(27(42)18-26(23)41)30-36-37-32(45)40(30)22-6-7-25-21(16-22)11-15-38(25)12-8-20-9-13-39(14-10-20)31(44)35-28(29(34)43)33(3,4)5/h6-7,11,15-20,28,41-42H,8-10,12-14H2,1-5H3,(H2,34,43)(H,35,44)(H,37,45)/t28-/m1/s1. The number of benzene rings is 2. The Hall–Kier alpha value is -4.74. The summed E-state index contributed by atoms with van der Waals surface area (Å²) in [5.41, 5.74) is 7.24. The van der Waals surface area contributed by atoms with Crippen molar-refractivity contribution in [2.75, 3.05) is 13.1 Å². The lowest BCUT2D eigenvalue weighted by atomic mass is 9.86. The number of aromatic hydroxyl groups is 2. The van der Waals surface area contributed by atoms with Crippen LogP contribution in [-0.2, 0) is 11.3 Å². The maximum absolute atomic E-state index is 12.9. The van der Waals surface area contributed by atoms with Gasteiger partial charge in [0.15, 0.2) is 5.82 Å². The third kappa shape index (κ3) is 6.54. The van der Waals surface area contributed by atoms with Crippen molar-refractivity contribution in [2.24, 2.45) is 17.1 Å². The second kappa shape index (κ2) is 12.3. The summed E-state index contributed by atoms with van der Waals surface area (Å²) in [4.78, 5) is 39.3. The van der Waals surface area contributed by atoms with E-state index >= 15 is 0 Å². The molecule has 5 rings (SSSR count). The van der Waals surface area contributed by atoms with Gasteiger partial charge in [0, 0.05) is 42.8 Å². The summed E-state index contributed by atoms with van der Waals surface area (Å²) < 4.78 is 3.61. The third-order valence-corrected chi connectivity index (χ3v) is 8.79. The molecule has 1 atom stereocenters. The zero-order valence-corrected chi connectivity index (χ0v) is 26.5. The fourth-order valence-corrected chi connectivity index (χ4v) is 6.15. The van der Waals surface area contributed by atoms with Gasteiger partial charge in [-0.05, 0) is 72.4 Å². The number of urea groups is 1. The number of rotatable bonds is 8. The summed E-state index contributed by atoms with van der Waals surface area (Å²) in [6.45, 7) is 11.6. The minimum absolute atomic E-state index is 0.00101. The zero-order valence-electron chi connectivity index (χ0n) is 26.5. The molecule has 0 spiro atoms. The average molecular weight is 618 g/mol. The van der Waals surface area contributed by atoms with E-state index in [2.05, 4.69) is 20.1 Å². The number of aromatic amines is 1. The quantitative estimate of drug-likeness (QED) is 0.196. The van der Waals surface area contributed by atoms with E-state index in [9.17, 15) is 24.6 Å². The van der Waals surface area contributed by atoms with Crippen molar-refractivity contribution in [1.29, 1.82) is 0 Å². The van der Waals surface area contributed by atoms with Crippen molar-refractivity contribution in [2.45, 2.75) is 72.4 Å². The molecule has 3 amide bonds. The molecule has 0 unspecified atom stereocenters. The number of nitrogens with one attached hydrogen (secondary N) is 2. The summed E-state index contributed by atoms with van der Waals surface area (Å²) >= 11 is 0. The Bertz CT molecular complexity index is 1770. The highest BCUT2D eigenvalue weighted by molar-refractivity contribution is 5.86. The topological polar surface area (TPSA) is 171 Å². The largest absolute Gasteiger partial charge is 0.508 e. The van der Waals surface area contributed by atoms with Crippen molar-refractivity contribution in [3.8, 4) is 28.6 Å². The summed E-state index contributed by atoms with van der Waals surface area (Å²) in [5, 5.41) is 31.4. The molecule has 0 saturated carbocycles. The highest BCUT2D eigenvalue weighted by Gasteiger charge is 2.33. The van der Waals surface area contributed by atoms with Crippen molar-refractivity contribution < 1.29 is 19.8 Å². The van der Waals surface area contributed by atoms with E-state index in [-0.39, 0.29) is 29.3 Å². The number of nitrogens with zero attached hydrogens (tertiary/aromatic N) is 4. The molecule has 0 radical (unpaired) electrons. The minimum Gasteiger partial charge on any atom is -0.508 e. The number of phenols is 2. The molecule has 12 nitrogen and oxygen atoms in total. The number of piperidine rings is 1. The second-order valence-electron chi connectivity index (χ2n) is 13.4. The first-order valence-corrected chi connectivity index (χ1v) is 15.4. The maximum atomic E-state index is 12.9. The Kier molecular flexibility index (Phi) is 8.68. The van der Waals surface area contributed by atoms with E-state index in [4.69, 9.17) is 5.73 Å². The van der Waals surface area contributed by atoms with Gasteiger partial charge in [-0.1, -0.05) is 34.6 Å². The molecule has 12 heteroatoms. The number of aryl methyl sites for hydroxylation is 1. The molecule has 1 aliphatic rings. The summed E-state index contributed by atoms with van der Waals surface area (Å²) in [6, 6.07) is 9.72. The molecule has 2 aromatic heterocycles. The normalized spacial score (nSPS) is 15.1. The van der Waals surface area contributed by atoms with Crippen LogP contribution in [0.15, 0.2) is 47.4 Å². The highest BCUT2D eigenvalue weighted by Crippen LogP contribution is 2.37. The lowest BCUT2D eigenvalue weighted by Gasteiger charge is -2.35. The smallest absolute Gasteiger partial charge is 0.348 e. The van der Waals surface area contributed by atoms with Gasteiger partial charge in [0.25, 0.3) is 0 Å². The number of aromatic nitrogens is 4. The molecule has 1 aliphatic heterocycles. The predicted octanol–water partition coefficient (Wildman–Crippen LogP) is 4.43.